The van der Waals surface area contributed by atoms with Crippen LogP contribution in [0, 0.1) is 6.92 Å². The van der Waals surface area contributed by atoms with Crippen LogP contribution in [0.15, 0.2) is 24.8 Å². The maximum atomic E-state index is 11.8. The summed E-state index contributed by atoms with van der Waals surface area (Å²) < 4.78 is 5.74. The molecule has 5 nitrogen and oxygen atoms in total. The first-order valence-electron chi connectivity index (χ1n) is 7.31. The highest BCUT2D eigenvalue weighted by Crippen LogP contribution is 2.18. The van der Waals surface area contributed by atoms with Gasteiger partial charge < -0.3 is 15.4 Å². The molecule has 0 spiro atoms. The van der Waals surface area contributed by atoms with Gasteiger partial charge in [0.25, 0.3) is 5.91 Å². The second-order valence-corrected chi connectivity index (χ2v) is 4.87. The summed E-state index contributed by atoms with van der Waals surface area (Å²) in [6.45, 7) is 11.3. The first-order chi connectivity index (χ1) is 10.1. The molecule has 1 unspecified atom stereocenters. The van der Waals surface area contributed by atoms with Crippen LogP contribution in [0.3, 0.4) is 0 Å². The highest BCUT2D eigenvalue weighted by Gasteiger charge is 2.16. The lowest BCUT2D eigenvalue weighted by molar-refractivity contribution is -0.127. The van der Waals surface area contributed by atoms with Crippen LogP contribution in [0.25, 0.3) is 0 Å². The number of nitrogens with one attached hydrogen (secondary N) is 2. The molecular formula is C16H25N3O2. The molecule has 1 heterocycles. The Kier molecular flexibility index (Phi) is 7.46. The Balaban J connectivity index is 2.72. The van der Waals surface area contributed by atoms with E-state index in [2.05, 4.69) is 29.1 Å². The predicted molar refractivity (Wildman–Crippen MR) is 84.3 cm³/mol. The fourth-order valence-electron chi connectivity index (χ4n) is 1.78. The second-order valence-electron chi connectivity index (χ2n) is 4.87. The average molecular weight is 291 g/mol. The monoisotopic (exact) mass is 291 g/mol. The molecule has 0 aliphatic rings. The van der Waals surface area contributed by atoms with E-state index in [9.17, 15) is 4.79 Å². The number of amides is 1. The van der Waals surface area contributed by atoms with E-state index in [-0.39, 0.29) is 5.91 Å². The van der Waals surface area contributed by atoms with Gasteiger partial charge in [0.05, 0.1) is 5.69 Å². The molecule has 0 aliphatic carbocycles. The summed E-state index contributed by atoms with van der Waals surface area (Å²) in [7, 11) is 0. The zero-order chi connectivity index (χ0) is 15.7. The Bertz CT molecular complexity index is 475. The molecule has 1 aromatic rings. The molecule has 1 atom stereocenters. The SMILES string of the molecule is C=CCNC(=O)C(C)Oc1ccc(C)nc1CNCCC. The largest absolute Gasteiger partial charge is 0.479 e. The summed E-state index contributed by atoms with van der Waals surface area (Å²) in [6, 6.07) is 3.75. The summed E-state index contributed by atoms with van der Waals surface area (Å²) in [5, 5.41) is 6.02. The molecule has 2 N–H and O–H groups in total. The number of ether oxygens (including phenoxy) is 1. The van der Waals surface area contributed by atoms with Crippen molar-refractivity contribution in [1.82, 2.24) is 15.6 Å². The van der Waals surface area contributed by atoms with Crippen LogP contribution in [0.5, 0.6) is 5.75 Å². The Morgan fingerprint density at radius 1 is 1.52 bits per heavy atom. The number of pyridine rings is 1. The zero-order valence-electron chi connectivity index (χ0n) is 13.1. The molecule has 0 bridgehead atoms. The quantitative estimate of drug-likeness (QED) is 0.539. The third-order valence-electron chi connectivity index (χ3n) is 2.88. The van der Waals surface area contributed by atoms with E-state index in [1.807, 2.05) is 19.1 Å². The number of aromatic nitrogens is 1. The molecule has 116 valence electrons. The third-order valence-corrected chi connectivity index (χ3v) is 2.88. The van der Waals surface area contributed by atoms with E-state index in [0.29, 0.717) is 18.8 Å². The summed E-state index contributed by atoms with van der Waals surface area (Å²) in [6.07, 6.45) is 2.12. The molecule has 0 radical (unpaired) electrons. The molecule has 0 aliphatic heterocycles. The van der Waals surface area contributed by atoms with Crippen molar-refractivity contribution >= 4 is 5.91 Å². The van der Waals surface area contributed by atoms with Gasteiger partial charge in [-0.3, -0.25) is 9.78 Å². The minimum atomic E-state index is -0.570. The van der Waals surface area contributed by atoms with Crippen molar-refractivity contribution < 1.29 is 9.53 Å². The maximum absolute atomic E-state index is 11.8. The van der Waals surface area contributed by atoms with Crippen LogP contribution in [0.4, 0.5) is 0 Å². The lowest BCUT2D eigenvalue weighted by atomic mass is 10.2. The minimum Gasteiger partial charge on any atom is -0.479 e. The summed E-state index contributed by atoms with van der Waals surface area (Å²) >= 11 is 0. The van der Waals surface area contributed by atoms with Gasteiger partial charge in [-0.2, -0.15) is 0 Å². The molecular weight excluding hydrogens is 266 g/mol. The Hall–Kier alpha value is -1.88. The smallest absolute Gasteiger partial charge is 0.261 e. The standard InChI is InChI=1S/C16H25N3O2/c1-5-9-17-11-14-15(8-7-12(3)19-14)21-13(4)16(20)18-10-6-2/h6-8,13,17H,2,5,9-11H2,1,3-4H3,(H,18,20). The third kappa shape index (κ3) is 5.95. The van der Waals surface area contributed by atoms with Crippen LogP contribution in [0.2, 0.25) is 0 Å². The number of nitrogens with zero attached hydrogens (tertiary/aromatic N) is 1. The Morgan fingerprint density at radius 2 is 2.29 bits per heavy atom. The van der Waals surface area contributed by atoms with Crippen LogP contribution in [-0.4, -0.2) is 30.1 Å². The van der Waals surface area contributed by atoms with Crippen molar-refractivity contribution in [3.63, 3.8) is 0 Å². The van der Waals surface area contributed by atoms with E-state index in [1.54, 1.807) is 13.0 Å². The van der Waals surface area contributed by atoms with Gasteiger partial charge in [0.2, 0.25) is 0 Å². The number of aryl methyl sites for hydroxylation is 1. The van der Waals surface area contributed by atoms with Gasteiger partial charge in [-0.15, -0.1) is 6.58 Å². The van der Waals surface area contributed by atoms with Gasteiger partial charge in [-0.25, -0.2) is 0 Å². The first-order valence-corrected chi connectivity index (χ1v) is 7.31. The van der Waals surface area contributed by atoms with Crippen molar-refractivity contribution in [2.24, 2.45) is 0 Å². The van der Waals surface area contributed by atoms with Crippen molar-refractivity contribution in [3.8, 4) is 5.75 Å². The zero-order valence-corrected chi connectivity index (χ0v) is 13.1. The van der Waals surface area contributed by atoms with E-state index >= 15 is 0 Å². The number of hydrogen-bond acceptors (Lipinski definition) is 4. The lowest BCUT2D eigenvalue weighted by Crippen LogP contribution is -2.36. The van der Waals surface area contributed by atoms with E-state index in [4.69, 9.17) is 4.74 Å². The molecule has 0 saturated carbocycles. The highest BCUT2D eigenvalue weighted by molar-refractivity contribution is 5.80. The van der Waals surface area contributed by atoms with Gasteiger partial charge in [0, 0.05) is 18.8 Å². The van der Waals surface area contributed by atoms with Crippen LogP contribution < -0.4 is 15.4 Å². The summed E-state index contributed by atoms with van der Waals surface area (Å²) in [5.41, 5.74) is 1.76. The van der Waals surface area contributed by atoms with E-state index in [0.717, 1.165) is 24.4 Å². The van der Waals surface area contributed by atoms with Gasteiger partial charge in [-0.05, 0) is 38.9 Å². The number of carbonyl (C=O) groups is 1. The number of carbonyl (C=O) groups excluding carboxylic acids is 1. The molecule has 1 amide bonds. The van der Waals surface area contributed by atoms with Crippen LogP contribution in [0.1, 0.15) is 31.7 Å². The molecule has 0 aromatic carbocycles. The normalized spacial score (nSPS) is 11.8. The van der Waals surface area contributed by atoms with Crippen molar-refractivity contribution in [2.45, 2.75) is 39.8 Å². The van der Waals surface area contributed by atoms with Crippen molar-refractivity contribution in [3.05, 3.63) is 36.2 Å². The van der Waals surface area contributed by atoms with Crippen molar-refractivity contribution in [1.29, 1.82) is 0 Å². The van der Waals surface area contributed by atoms with Crippen molar-refractivity contribution in [2.75, 3.05) is 13.1 Å². The first kappa shape index (κ1) is 17.2. The van der Waals surface area contributed by atoms with Crippen LogP contribution in [-0.2, 0) is 11.3 Å². The molecule has 1 rings (SSSR count). The van der Waals surface area contributed by atoms with E-state index < -0.39 is 6.10 Å². The Morgan fingerprint density at radius 3 is 2.95 bits per heavy atom. The van der Waals surface area contributed by atoms with Gasteiger partial charge >= 0.3 is 0 Å². The maximum Gasteiger partial charge on any atom is 0.261 e. The molecule has 0 saturated heterocycles. The molecule has 0 fully saturated rings. The van der Waals surface area contributed by atoms with Gasteiger partial charge in [-0.1, -0.05) is 13.0 Å². The van der Waals surface area contributed by atoms with Gasteiger partial charge in [0.1, 0.15) is 5.75 Å². The van der Waals surface area contributed by atoms with Gasteiger partial charge in [0.15, 0.2) is 6.10 Å². The Labute approximate surface area is 126 Å². The van der Waals surface area contributed by atoms with E-state index in [1.165, 1.54) is 0 Å². The second kappa shape index (κ2) is 9.13. The predicted octanol–water partition coefficient (Wildman–Crippen LogP) is 1.96. The summed E-state index contributed by atoms with van der Waals surface area (Å²) in [4.78, 5) is 16.3. The number of rotatable bonds is 9. The molecule has 1 aromatic heterocycles. The lowest BCUT2D eigenvalue weighted by Gasteiger charge is -2.17. The topological polar surface area (TPSA) is 63.2 Å². The van der Waals surface area contributed by atoms with Crippen LogP contribution >= 0.6 is 0 Å². The fraction of sp³-hybridized carbons (Fsp3) is 0.500. The average Bonchev–Trinajstić information content (AvgIpc) is 2.47. The fourth-order valence-corrected chi connectivity index (χ4v) is 1.78. The minimum absolute atomic E-state index is 0.164. The highest BCUT2D eigenvalue weighted by atomic mass is 16.5. The number of hydrogen-bond donors (Lipinski definition) is 2. The molecule has 21 heavy (non-hydrogen) atoms. The summed E-state index contributed by atoms with van der Waals surface area (Å²) in [5.74, 6) is 0.480. The molecule has 5 heteroatoms.